The lowest BCUT2D eigenvalue weighted by atomic mass is 10.1. The van der Waals surface area contributed by atoms with Crippen LogP contribution in [0.4, 0.5) is 0 Å². The molecule has 1 unspecified atom stereocenters. The number of hydrogen-bond donors (Lipinski definition) is 2. The van der Waals surface area contributed by atoms with E-state index in [0.717, 1.165) is 17.0 Å². The van der Waals surface area contributed by atoms with Gasteiger partial charge >= 0.3 is 0 Å². The van der Waals surface area contributed by atoms with Crippen molar-refractivity contribution in [1.29, 1.82) is 0 Å². The van der Waals surface area contributed by atoms with Crippen molar-refractivity contribution in [2.45, 2.75) is 32.1 Å². The number of nitrogens with zero attached hydrogens (tertiary/aromatic N) is 2. The third kappa shape index (κ3) is 6.50. The van der Waals surface area contributed by atoms with Crippen molar-refractivity contribution in [3.8, 4) is 0 Å². The average Bonchev–Trinajstić information content (AvgIpc) is 2.66. The molecule has 1 heterocycles. The topological polar surface area (TPSA) is 78.6 Å². The molecule has 1 aromatic rings. The van der Waals surface area contributed by atoms with Gasteiger partial charge in [-0.2, -0.15) is 0 Å². The molecule has 0 radical (unpaired) electrons. The Morgan fingerprint density at radius 1 is 1.48 bits per heavy atom. The third-order valence-electron chi connectivity index (χ3n) is 2.98. The summed E-state index contributed by atoms with van der Waals surface area (Å²) < 4.78 is 5.08. The second kappa shape index (κ2) is 7.82. The van der Waals surface area contributed by atoms with Gasteiger partial charge in [0, 0.05) is 24.4 Å². The van der Waals surface area contributed by atoms with Gasteiger partial charge in [0.05, 0.1) is 17.0 Å². The number of aliphatic hydroxyl groups is 1. The predicted octanol–water partition coefficient (Wildman–Crippen LogP) is 0.953. The molecule has 0 fully saturated rings. The zero-order valence-electron chi connectivity index (χ0n) is 13.4. The molecule has 1 atom stereocenters. The fraction of sp³-hybridized carbons (Fsp3) is 0.714. The minimum Gasteiger partial charge on any atom is -0.387 e. The molecule has 7 heteroatoms. The summed E-state index contributed by atoms with van der Waals surface area (Å²) in [6, 6.07) is 0. The Bertz CT molecular complexity index is 453. The fourth-order valence-electron chi connectivity index (χ4n) is 2.03. The summed E-state index contributed by atoms with van der Waals surface area (Å²) in [5.74, 6) is 1.77. The van der Waals surface area contributed by atoms with Gasteiger partial charge < -0.3 is 19.8 Å². The van der Waals surface area contributed by atoms with E-state index < -0.39 is 5.60 Å². The van der Waals surface area contributed by atoms with Crippen LogP contribution in [0.3, 0.4) is 0 Å². The highest BCUT2D eigenvalue weighted by molar-refractivity contribution is 7.99. The minimum atomic E-state index is -0.925. The molecule has 0 aliphatic rings. The molecule has 0 aromatic carbocycles. The van der Waals surface area contributed by atoms with E-state index in [4.69, 9.17) is 4.52 Å². The number of aromatic nitrogens is 1. The van der Waals surface area contributed by atoms with Crippen molar-refractivity contribution >= 4 is 17.7 Å². The normalized spacial score (nSPS) is 14.2. The third-order valence-corrected chi connectivity index (χ3v) is 3.94. The van der Waals surface area contributed by atoms with Gasteiger partial charge in [-0.1, -0.05) is 5.16 Å². The second-order valence-corrected chi connectivity index (χ2v) is 6.79. The van der Waals surface area contributed by atoms with Crippen molar-refractivity contribution in [2.24, 2.45) is 0 Å². The summed E-state index contributed by atoms with van der Waals surface area (Å²) >= 11 is 1.51. The molecule has 120 valence electrons. The lowest BCUT2D eigenvalue weighted by molar-refractivity contribution is -0.119. The predicted molar refractivity (Wildman–Crippen MR) is 84.3 cm³/mol. The molecule has 0 aliphatic heterocycles. The molecule has 1 aromatic heterocycles. The van der Waals surface area contributed by atoms with Crippen LogP contribution in [0.15, 0.2) is 4.52 Å². The van der Waals surface area contributed by atoms with Crippen LogP contribution < -0.4 is 5.32 Å². The first kappa shape index (κ1) is 18.0. The summed E-state index contributed by atoms with van der Waals surface area (Å²) in [5.41, 5.74) is 0.993. The first-order chi connectivity index (χ1) is 9.71. The maximum Gasteiger partial charge on any atom is 0.230 e. The lowest BCUT2D eigenvalue weighted by Gasteiger charge is -2.27. The molecule has 0 saturated heterocycles. The standard InChI is InChI=1S/C14H25N3O3S/c1-10-12(11(2)20-16-10)6-21-7-13(18)15-8-14(3,19)9-17(4)5/h19H,6-9H2,1-5H3,(H,15,18). The SMILES string of the molecule is Cc1noc(C)c1CSCC(=O)NCC(C)(O)CN(C)C. The van der Waals surface area contributed by atoms with Crippen LogP contribution in [0, 0.1) is 13.8 Å². The first-order valence-corrected chi connectivity index (χ1v) is 8.00. The van der Waals surface area contributed by atoms with E-state index in [1.165, 1.54) is 11.8 Å². The van der Waals surface area contributed by atoms with Crippen LogP contribution in [-0.4, -0.2) is 59.6 Å². The summed E-state index contributed by atoms with van der Waals surface area (Å²) in [5, 5.41) is 16.7. The molecule has 0 saturated carbocycles. The molecule has 6 nitrogen and oxygen atoms in total. The van der Waals surface area contributed by atoms with Gasteiger partial charge in [-0.25, -0.2) is 0 Å². The number of aryl methyl sites for hydroxylation is 2. The molecule has 0 aliphatic carbocycles. The number of carbonyl (C=O) groups excluding carboxylic acids is 1. The van der Waals surface area contributed by atoms with Crippen molar-refractivity contribution in [2.75, 3.05) is 32.9 Å². The van der Waals surface area contributed by atoms with Gasteiger partial charge in [-0.3, -0.25) is 4.79 Å². The highest BCUT2D eigenvalue weighted by Crippen LogP contribution is 2.19. The average molecular weight is 315 g/mol. The van der Waals surface area contributed by atoms with Gasteiger partial charge in [-0.15, -0.1) is 11.8 Å². The number of carbonyl (C=O) groups is 1. The minimum absolute atomic E-state index is 0.0780. The number of nitrogens with one attached hydrogen (secondary N) is 1. The highest BCUT2D eigenvalue weighted by atomic mass is 32.2. The molecule has 2 N–H and O–H groups in total. The summed E-state index contributed by atoms with van der Waals surface area (Å²) in [7, 11) is 3.77. The van der Waals surface area contributed by atoms with Gasteiger partial charge in [0.25, 0.3) is 0 Å². The number of rotatable bonds is 8. The highest BCUT2D eigenvalue weighted by Gasteiger charge is 2.22. The van der Waals surface area contributed by atoms with Gasteiger partial charge in [0.2, 0.25) is 5.91 Å². The van der Waals surface area contributed by atoms with E-state index in [1.54, 1.807) is 6.92 Å². The lowest BCUT2D eigenvalue weighted by Crippen LogP contribution is -2.47. The van der Waals surface area contributed by atoms with E-state index >= 15 is 0 Å². The van der Waals surface area contributed by atoms with Crippen LogP contribution in [0.25, 0.3) is 0 Å². The Labute approximate surface area is 130 Å². The van der Waals surface area contributed by atoms with Crippen LogP contribution in [0.2, 0.25) is 0 Å². The Hall–Kier alpha value is -1.05. The Morgan fingerprint density at radius 2 is 2.14 bits per heavy atom. The summed E-state index contributed by atoms with van der Waals surface area (Å²) in [6.07, 6.45) is 0. The van der Waals surface area contributed by atoms with Crippen LogP contribution in [-0.2, 0) is 10.5 Å². The quantitative estimate of drug-likeness (QED) is 0.744. The van der Waals surface area contributed by atoms with Gasteiger partial charge in [0.1, 0.15) is 5.76 Å². The van der Waals surface area contributed by atoms with Crippen LogP contribution in [0.5, 0.6) is 0 Å². The number of thioether (sulfide) groups is 1. The molecule has 21 heavy (non-hydrogen) atoms. The number of amides is 1. The second-order valence-electron chi connectivity index (χ2n) is 5.81. The maximum atomic E-state index is 11.8. The first-order valence-electron chi connectivity index (χ1n) is 6.84. The van der Waals surface area contributed by atoms with Gasteiger partial charge in [0.15, 0.2) is 0 Å². The van der Waals surface area contributed by atoms with Crippen molar-refractivity contribution in [3.05, 3.63) is 17.0 Å². The van der Waals surface area contributed by atoms with Crippen LogP contribution in [0.1, 0.15) is 23.9 Å². The van der Waals surface area contributed by atoms with Crippen molar-refractivity contribution < 1.29 is 14.4 Å². The molecule has 1 rings (SSSR count). The Kier molecular flexibility index (Phi) is 6.70. The fourth-order valence-corrected chi connectivity index (χ4v) is 3.04. The molecule has 0 spiro atoms. The van der Waals surface area contributed by atoms with Crippen LogP contribution >= 0.6 is 11.8 Å². The smallest absolute Gasteiger partial charge is 0.230 e. The van der Waals surface area contributed by atoms with E-state index in [9.17, 15) is 9.90 Å². The van der Waals surface area contributed by atoms with E-state index in [-0.39, 0.29) is 12.5 Å². The molecular weight excluding hydrogens is 290 g/mol. The summed E-state index contributed by atoms with van der Waals surface area (Å²) in [4.78, 5) is 13.7. The van der Waals surface area contributed by atoms with E-state index in [1.807, 2.05) is 32.8 Å². The number of hydrogen-bond acceptors (Lipinski definition) is 6. The van der Waals surface area contributed by atoms with E-state index in [0.29, 0.717) is 18.1 Å². The Balaban J connectivity index is 2.29. The maximum absolute atomic E-state index is 11.8. The summed E-state index contributed by atoms with van der Waals surface area (Å²) in [6.45, 7) is 6.22. The largest absolute Gasteiger partial charge is 0.387 e. The number of likely N-dealkylation sites (N-methyl/N-ethyl adjacent to an activating group) is 1. The van der Waals surface area contributed by atoms with Gasteiger partial charge in [-0.05, 0) is 34.9 Å². The zero-order chi connectivity index (χ0) is 16.0. The molecule has 0 bridgehead atoms. The molecule has 1 amide bonds. The van der Waals surface area contributed by atoms with Crippen molar-refractivity contribution in [3.63, 3.8) is 0 Å². The Morgan fingerprint density at radius 3 is 2.67 bits per heavy atom. The zero-order valence-corrected chi connectivity index (χ0v) is 14.2. The van der Waals surface area contributed by atoms with E-state index in [2.05, 4.69) is 10.5 Å². The monoisotopic (exact) mass is 315 g/mol. The van der Waals surface area contributed by atoms with Crippen molar-refractivity contribution in [1.82, 2.24) is 15.4 Å². The molecular formula is C14H25N3O3S.